The third-order valence-electron chi connectivity index (χ3n) is 9.04. The van der Waals surface area contributed by atoms with Gasteiger partial charge in [0.2, 0.25) is 10.0 Å². The largest absolute Gasteiger partial charge is 0.467 e. The quantitative estimate of drug-likeness (QED) is 0.244. The van der Waals surface area contributed by atoms with Gasteiger partial charge < -0.3 is 14.8 Å². The Morgan fingerprint density at radius 2 is 1.49 bits per heavy atom. The van der Waals surface area contributed by atoms with E-state index in [2.05, 4.69) is 17.4 Å². The molecule has 0 spiro atoms. The summed E-state index contributed by atoms with van der Waals surface area (Å²) in [6.07, 6.45) is -0.542. The van der Waals surface area contributed by atoms with Crippen LogP contribution in [0.5, 0.6) is 0 Å². The Kier molecular flexibility index (Phi) is 8.24. The van der Waals surface area contributed by atoms with Gasteiger partial charge in [-0.05, 0) is 83.0 Å². The predicted octanol–water partition coefficient (Wildman–Crippen LogP) is 5.94. The number of esters is 1. The molecule has 232 valence electrons. The molecule has 0 fully saturated rings. The van der Waals surface area contributed by atoms with E-state index in [0.29, 0.717) is 0 Å². The fraction of sp³-hybridized carbons (Fsp3) is 0.278. The number of fused-ring (bicyclic) bond motifs is 4. The zero-order valence-corrected chi connectivity index (χ0v) is 26.6. The van der Waals surface area contributed by atoms with Gasteiger partial charge in [0, 0.05) is 25.4 Å². The first-order valence-electron chi connectivity index (χ1n) is 15.0. The van der Waals surface area contributed by atoms with E-state index in [1.165, 1.54) is 11.4 Å². The van der Waals surface area contributed by atoms with Gasteiger partial charge >= 0.3 is 12.1 Å². The van der Waals surface area contributed by atoms with Crippen molar-refractivity contribution >= 4 is 22.1 Å². The third-order valence-corrected chi connectivity index (χ3v) is 10.8. The first kappa shape index (κ1) is 30.6. The zero-order chi connectivity index (χ0) is 31.9. The van der Waals surface area contributed by atoms with Crippen molar-refractivity contribution in [3.05, 3.63) is 123 Å². The minimum Gasteiger partial charge on any atom is -0.467 e. The Morgan fingerprint density at radius 1 is 0.889 bits per heavy atom. The molecule has 8 nitrogen and oxygen atoms in total. The Labute approximate surface area is 264 Å². The highest BCUT2D eigenvalue weighted by Gasteiger charge is 2.34. The number of ether oxygens (including phenoxy) is 2. The number of alkyl carbamates (subject to hydrolysis) is 1. The molecule has 0 bridgehead atoms. The van der Waals surface area contributed by atoms with E-state index in [1.807, 2.05) is 63.2 Å². The van der Waals surface area contributed by atoms with Crippen LogP contribution < -0.4 is 5.32 Å². The zero-order valence-electron chi connectivity index (χ0n) is 25.8. The third kappa shape index (κ3) is 5.74. The van der Waals surface area contributed by atoms with Crippen LogP contribution >= 0.6 is 0 Å². The number of amides is 1. The Bertz CT molecular complexity index is 1860. The van der Waals surface area contributed by atoms with E-state index < -0.39 is 28.1 Å². The number of carbonyl (C=O) groups excluding carboxylic acids is 2. The molecule has 6 rings (SSSR count). The topological polar surface area (TPSA) is 102 Å². The first-order valence-corrected chi connectivity index (χ1v) is 16.4. The summed E-state index contributed by atoms with van der Waals surface area (Å²) in [5, 5.41) is 2.72. The molecule has 1 heterocycles. The van der Waals surface area contributed by atoms with Crippen LogP contribution in [0.2, 0.25) is 0 Å². The second kappa shape index (κ2) is 12.1. The minimum absolute atomic E-state index is 0.111. The average Bonchev–Trinajstić information content (AvgIpc) is 3.64. The summed E-state index contributed by atoms with van der Waals surface area (Å²) in [5.41, 5.74) is 9.97. The smallest absolute Gasteiger partial charge is 0.407 e. The first-order chi connectivity index (χ1) is 21.6. The lowest BCUT2D eigenvalue weighted by atomic mass is 9.91. The van der Waals surface area contributed by atoms with Crippen LogP contribution in [0.25, 0.3) is 11.1 Å². The number of nitrogens with one attached hydrogen (secondary N) is 1. The lowest BCUT2D eigenvalue weighted by Gasteiger charge is -2.20. The van der Waals surface area contributed by atoms with Crippen LogP contribution in [0, 0.1) is 20.8 Å². The molecule has 1 aliphatic heterocycles. The Morgan fingerprint density at radius 3 is 2.11 bits per heavy atom. The molecule has 1 aliphatic carbocycles. The second-order valence-electron chi connectivity index (χ2n) is 11.8. The molecule has 4 aromatic carbocycles. The molecule has 2 aliphatic rings. The summed E-state index contributed by atoms with van der Waals surface area (Å²) in [4.78, 5) is 26.2. The summed E-state index contributed by atoms with van der Waals surface area (Å²) in [5.74, 6) is -0.704. The molecule has 4 aromatic rings. The lowest BCUT2D eigenvalue weighted by molar-refractivity contribution is -0.143. The normalized spacial score (nSPS) is 14.8. The molecule has 0 aromatic heterocycles. The van der Waals surface area contributed by atoms with E-state index in [-0.39, 0.29) is 36.9 Å². The van der Waals surface area contributed by atoms with Gasteiger partial charge in [0.05, 0.1) is 12.0 Å². The molecule has 1 N–H and O–H groups in total. The van der Waals surface area contributed by atoms with Crippen LogP contribution in [-0.2, 0) is 43.8 Å². The number of aryl methyl sites for hydroxylation is 2. The van der Waals surface area contributed by atoms with Crippen LogP contribution in [0.1, 0.15) is 50.4 Å². The van der Waals surface area contributed by atoms with Crippen molar-refractivity contribution < 1.29 is 27.5 Å². The molecule has 1 atom stereocenters. The standard InChI is InChI=1S/C36H36N2O6S/c1-22-13-15-26(16-14-22)45(41,42)38-19-31-23(2)17-25(24(3)32(31)20-38)18-34(35(39)43-4)37-36(40)44-21-33-29-11-7-5-9-27(29)28-10-6-8-12-30(28)33/h5-17,33-34H,18-21H2,1-4H3,(H,37,40)/t34-/m0/s1. The molecule has 45 heavy (non-hydrogen) atoms. The molecule has 1 amide bonds. The van der Waals surface area contributed by atoms with Crippen molar-refractivity contribution in [3.63, 3.8) is 0 Å². The van der Waals surface area contributed by atoms with Crippen LogP contribution in [0.3, 0.4) is 0 Å². The number of methoxy groups -OCH3 is 1. The summed E-state index contributed by atoms with van der Waals surface area (Å²) in [7, 11) is -2.41. The maximum atomic E-state index is 13.4. The van der Waals surface area contributed by atoms with Crippen LogP contribution in [-0.4, -0.2) is 44.5 Å². The Balaban J connectivity index is 1.17. The van der Waals surface area contributed by atoms with Crippen LogP contribution in [0.4, 0.5) is 4.79 Å². The van der Waals surface area contributed by atoms with E-state index in [1.54, 1.807) is 24.3 Å². The van der Waals surface area contributed by atoms with E-state index in [4.69, 9.17) is 9.47 Å². The van der Waals surface area contributed by atoms with Crippen LogP contribution in [0.15, 0.2) is 83.8 Å². The molecular formula is C36H36N2O6S. The summed E-state index contributed by atoms with van der Waals surface area (Å²) < 4.78 is 39.1. The second-order valence-corrected chi connectivity index (χ2v) is 13.7. The maximum Gasteiger partial charge on any atom is 0.407 e. The average molecular weight is 625 g/mol. The van der Waals surface area contributed by atoms with Gasteiger partial charge in [0.25, 0.3) is 0 Å². The van der Waals surface area contributed by atoms with Crippen molar-refractivity contribution in [2.75, 3.05) is 13.7 Å². The van der Waals surface area contributed by atoms with Crippen molar-refractivity contribution in [2.45, 2.75) is 57.1 Å². The number of hydrogen-bond donors (Lipinski definition) is 1. The predicted molar refractivity (Wildman–Crippen MR) is 171 cm³/mol. The van der Waals surface area contributed by atoms with E-state index in [9.17, 15) is 18.0 Å². The molecule has 0 saturated heterocycles. The highest BCUT2D eigenvalue weighted by molar-refractivity contribution is 7.89. The van der Waals surface area contributed by atoms with Gasteiger partial charge in [-0.1, -0.05) is 72.3 Å². The van der Waals surface area contributed by atoms with Gasteiger partial charge in [-0.2, -0.15) is 4.31 Å². The summed E-state index contributed by atoms with van der Waals surface area (Å²) in [6.45, 7) is 6.41. The lowest BCUT2D eigenvalue weighted by Crippen LogP contribution is -2.43. The number of hydrogen-bond acceptors (Lipinski definition) is 6. The highest BCUT2D eigenvalue weighted by atomic mass is 32.2. The number of sulfonamides is 1. The van der Waals surface area contributed by atoms with Crippen molar-refractivity contribution in [1.82, 2.24) is 9.62 Å². The molecule has 0 saturated carbocycles. The van der Waals surface area contributed by atoms with Gasteiger partial charge in [-0.15, -0.1) is 0 Å². The Hall–Kier alpha value is -4.47. The number of rotatable bonds is 8. The number of nitrogens with zero attached hydrogens (tertiary/aromatic N) is 1. The van der Waals surface area contributed by atoms with Crippen molar-refractivity contribution in [1.29, 1.82) is 0 Å². The SMILES string of the molecule is COC(=O)[C@H](Cc1cc(C)c2c(c1C)CN(S(=O)(=O)c1ccc(C)cc1)C2)NC(=O)OCC1c2ccccc2-c2ccccc21. The van der Waals surface area contributed by atoms with Gasteiger partial charge in [0.1, 0.15) is 12.6 Å². The van der Waals surface area contributed by atoms with Crippen molar-refractivity contribution in [2.24, 2.45) is 0 Å². The van der Waals surface area contributed by atoms with Gasteiger partial charge in [-0.3, -0.25) is 0 Å². The summed E-state index contributed by atoms with van der Waals surface area (Å²) in [6, 6.07) is 24.0. The van der Waals surface area contributed by atoms with E-state index >= 15 is 0 Å². The highest BCUT2D eigenvalue weighted by Crippen LogP contribution is 2.44. The number of benzene rings is 4. The van der Waals surface area contributed by atoms with Gasteiger partial charge in [0.15, 0.2) is 0 Å². The summed E-state index contributed by atoms with van der Waals surface area (Å²) >= 11 is 0. The molecule has 0 radical (unpaired) electrons. The van der Waals surface area contributed by atoms with E-state index in [0.717, 1.165) is 55.6 Å². The maximum absolute atomic E-state index is 13.4. The monoisotopic (exact) mass is 624 g/mol. The molecule has 0 unspecified atom stereocenters. The molecular weight excluding hydrogens is 588 g/mol. The fourth-order valence-corrected chi connectivity index (χ4v) is 7.91. The molecule has 9 heteroatoms. The van der Waals surface area contributed by atoms with Crippen molar-refractivity contribution in [3.8, 4) is 11.1 Å². The number of carbonyl (C=O) groups is 2. The minimum atomic E-state index is -3.69. The fourth-order valence-electron chi connectivity index (χ4n) is 6.54. The van der Waals surface area contributed by atoms with Gasteiger partial charge in [-0.25, -0.2) is 18.0 Å².